The molecule has 0 spiro atoms. The first-order valence-electron chi connectivity index (χ1n) is 7.38. The van der Waals surface area contributed by atoms with E-state index in [1.54, 1.807) is 36.4 Å². The molecule has 0 amide bonds. The fourth-order valence-electron chi connectivity index (χ4n) is 2.23. The average molecular weight is 358 g/mol. The second-order valence-corrected chi connectivity index (χ2v) is 5.08. The minimum Gasteiger partial charge on any atom is -0.473 e. The van der Waals surface area contributed by atoms with Crippen molar-refractivity contribution in [2.75, 3.05) is 0 Å². The van der Waals surface area contributed by atoms with Gasteiger partial charge in [-0.15, -0.1) is 0 Å². The monoisotopic (exact) mass is 358 g/mol. The van der Waals surface area contributed by atoms with Crippen molar-refractivity contribution in [3.63, 3.8) is 0 Å². The molecular formula is C18H14O8. The first kappa shape index (κ1) is 18.7. The molecule has 26 heavy (non-hydrogen) atoms. The molecule has 0 aliphatic carbocycles. The SMILES string of the molecule is O=C(O)C(=O)OC(c1ccccc1)C(OC(=O)C(=O)O)c1ccccc1. The summed E-state index contributed by atoms with van der Waals surface area (Å²) in [6.45, 7) is 0. The molecule has 0 saturated carbocycles. The molecule has 2 unspecified atom stereocenters. The van der Waals surface area contributed by atoms with E-state index in [0.717, 1.165) is 0 Å². The lowest BCUT2D eigenvalue weighted by Crippen LogP contribution is -2.28. The first-order valence-corrected chi connectivity index (χ1v) is 7.38. The van der Waals surface area contributed by atoms with Crippen LogP contribution in [0.2, 0.25) is 0 Å². The lowest BCUT2D eigenvalue weighted by Gasteiger charge is -2.26. The van der Waals surface area contributed by atoms with Gasteiger partial charge < -0.3 is 19.7 Å². The summed E-state index contributed by atoms with van der Waals surface area (Å²) < 4.78 is 9.97. The van der Waals surface area contributed by atoms with Crippen molar-refractivity contribution < 1.29 is 38.9 Å². The molecule has 0 bridgehead atoms. The molecule has 0 aromatic heterocycles. The molecule has 0 heterocycles. The van der Waals surface area contributed by atoms with Crippen molar-refractivity contribution in [2.24, 2.45) is 0 Å². The summed E-state index contributed by atoms with van der Waals surface area (Å²) in [6, 6.07) is 15.9. The highest BCUT2D eigenvalue weighted by atomic mass is 16.6. The minimum absolute atomic E-state index is 0.328. The molecule has 0 aliphatic rings. The highest BCUT2D eigenvalue weighted by Gasteiger charge is 2.34. The van der Waals surface area contributed by atoms with Crippen LogP contribution in [0.25, 0.3) is 0 Å². The Balaban J connectivity index is 2.49. The van der Waals surface area contributed by atoms with Crippen LogP contribution in [0.4, 0.5) is 0 Å². The van der Waals surface area contributed by atoms with Crippen LogP contribution < -0.4 is 0 Å². The van der Waals surface area contributed by atoms with Gasteiger partial charge in [0.05, 0.1) is 0 Å². The summed E-state index contributed by atoms with van der Waals surface area (Å²) in [7, 11) is 0. The summed E-state index contributed by atoms with van der Waals surface area (Å²) in [5.41, 5.74) is 0.656. The maximum atomic E-state index is 11.6. The van der Waals surface area contributed by atoms with E-state index in [0.29, 0.717) is 11.1 Å². The van der Waals surface area contributed by atoms with Gasteiger partial charge in [-0.3, -0.25) is 0 Å². The summed E-state index contributed by atoms with van der Waals surface area (Å²) in [5, 5.41) is 17.6. The zero-order chi connectivity index (χ0) is 19.1. The van der Waals surface area contributed by atoms with Crippen molar-refractivity contribution in [1.82, 2.24) is 0 Å². The largest absolute Gasteiger partial charge is 0.473 e. The number of esters is 2. The zero-order valence-electron chi connectivity index (χ0n) is 13.3. The summed E-state index contributed by atoms with van der Waals surface area (Å²) in [4.78, 5) is 45.0. The molecular weight excluding hydrogens is 344 g/mol. The molecule has 2 aromatic carbocycles. The van der Waals surface area contributed by atoms with Crippen molar-refractivity contribution >= 4 is 23.9 Å². The van der Waals surface area contributed by atoms with Gasteiger partial charge in [-0.1, -0.05) is 60.7 Å². The van der Waals surface area contributed by atoms with E-state index in [-0.39, 0.29) is 0 Å². The van der Waals surface area contributed by atoms with Crippen LogP contribution in [0.1, 0.15) is 23.3 Å². The fourth-order valence-corrected chi connectivity index (χ4v) is 2.23. The Kier molecular flexibility index (Phi) is 6.05. The third kappa shape index (κ3) is 4.67. The number of benzene rings is 2. The Morgan fingerprint density at radius 2 is 0.923 bits per heavy atom. The first-order chi connectivity index (χ1) is 12.4. The van der Waals surface area contributed by atoms with Crippen LogP contribution in [0.15, 0.2) is 60.7 Å². The van der Waals surface area contributed by atoms with Crippen LogP contribution in [0, 0.1) is 0 Å². The molecule has 2 atom stereocenters. The van der Waals surface area contributed by atoms with Crippen molar-refractivity contribution in [1.29, 1.82) is 0 Å². The smallest absolute Gasteiger partial charge is 0.418 e. The van der Waals surface area contributed by atoms with Crippen molar-refractivity contribution in [3.05, 3.63) is 71.8 Å². The molecule has 2 aromatic rings. The van der Waals surface area contributed by atoms with E-state index in [4.69, 9.17) is 19.7 Å². The molecule has 0 saturated heterocycles. The third-order valence-electron chi connectivity index (χ3n) is 3.35. The zero-order valence-corrected chi connectivity index (χ0v) is 13.3. The maximum absolute atomic E-state index is 11.6. The topological polar surface area (TPSA) is 127 Å². The lowest BCUT2D eigenvalue weighted by molar-refractivity contribution is -0.181. The molecule has 2 rings (SSSR count). The van der Waals surface area contributed by atoms with Gasteiger partial charge >= 0.3 is 23.9 Å². The molecule has 134 valence electrons. The van der Waals surface area contributed by atoms with Crippen LogP contribution in [0.3, 0.4) is 0 Å². The Labute approximate surface area is 147 Å². The highest BCUT2D eigenvalue weighted by Crippen LogP contribution is 2.35. The van der Waals surface area contributed by atoms with Crippen LogP contribution in [-0.4, -0.2) is 34.1 Å². The molecule has 8 heteroatoms. The second-order valence-electron chi connectivity index (χ2n) is 5.08. The Morgan fingerprint density at radius 3 is 1.19 bits per heavy atom. The number of rotatable bonds is 5. The summed E-state index contributed by atoms with van der Waals surface area (Å²) >= 11 is 0. The Hall–Kier alpha value is -3.68. The second kappa shape index (κ2) is 8.43. The van der Waals surface area contributed by atoms with Gasteiger partial charge in [-0.25, -0.2) is 19.2 Å². The fraction of sp³-hybridized carbons (Fsp3) is 0.111. The Bertz CT molecular complexity index is 731. The number of ether oxygens (including phenoxy) is 2. The number of hydrogen-bond acceptors (Lipinski definition) is 6. The Morgan fingerprint density at radius 1 is 0.615 bits per heavy atom. The summed E-state index contributed by atoms with van der Waals surface area (Å²) in [6.07, 6.45) is -2.71. The van der Waals surface area contributed by atoms with E-state index >= 15 is 0 Å². The molecule has 8 nitrogen and oxygen atoms in total. The number of hydrogen-bond donors (Lipinski definition) is 2. The summed E-state index contributed by atoms with van der Waals surface area (Å²) in [5.74, 6) is -6.79. The van der Waals surface area contributed by atoms with Gasteiger partial charge in [0, 0.05) is 0 Å². The molecule has 0 radical (unpaired) electrons. The highest BCUT2D eigenvalue weighted by molar-refractivity contribution is 6.29. The number of carbonyl (C=O) groups excluding carboxylic acids is 2. The standard InChI is InChI=1S/C18H14O8/c19-15(20)17(23)25-13(11-7-3-1-4-8-11)14(26-18(24)16(21)22)12-9-5-2-6-10-12/h1-10,13-14H,(H,19,20)(H,21,22). The molecule has 0 aliphatic heterocycles. The van der Waals surface area contributed by atoms with E-state index < -0.39 is 36.1 Å². The van der Waals surface area contributed by atoms with E-state index in [2.05, 4.69) is 0 Å². The minimum atomic E-state index is -1.83. The van der Waals surface area contributed by atoms with Gasteiger partial charge in [-0.2, -0.15) is 0 Å². The normalized spacial score (nSPS) is 12.5. The molecule has 0 fully saturated rings. The predicted molar refractivity (Wildman–Crippen MR) is 85.8 cm³/mol. The number of carbonyl (C=O) groups is 4. The van der Waals surface area contributed by atoms with Crippen LogP contribution in [0.5, 0.6) is 0 Å². The maximum Gasteiger partial charge on any atom is 0.418 e. The number of aliphatic carboxylic acids is 2. The van der Waals surface area contributed by atoms with E-state index in [1.165, 1.54) is 24.3 Å². The van der Waals surface area contributed by atoms with Gasteiger partial charge in [0.2, 0.25) is 0 Å². The number of carboxylic acids is 2. The van der Waals surface area contributed by atoms with Crippen molar-refractivity contribution in [2.45, 2.75) is 12.2 Å². The van der Waals surface area contributed by atoms with Gasteiger partial charge in [0.1, 0.15) is 0 Å². The quantitative estimate of drug-likeness (QED) is 0.611. The number of carboxylic acid groups (broad SMARTS) is 2. The van der Waals surface area contributed by atoms with Crippen LogP contribution in [-0.2, 0) is 28.7 Å². The van der Waals surface area contributed by atoms with Gasteiger partial charge in [-0.05, 0) is 11.1 Å². The average Bonchev–Trinajstić information content (AvgIpc) is 2.65. The van der Waals surface area contributed by atoms with E-state index in [1.807, 2.05) is 0 Å². The lowest BCUT2D eigenvalue weighted by atomic mass is 9.98. The van der Waals surface area contributed by atoms with Crippen LogP contribution >= 0.6 is 0 Å². The molecule has 2 N–H and O–H groups in total. The van der Waals surface area contributed by atoms with Gasteiger partial charge in [0.15, 0.2) is 12.2 Å². The predicted octanol–water partition coefficient (Wildman–Crippen LogP) is 1.72. The van der Waals surface area contributed by atoms with Crippen molar-refractivity contribution in [3.8, 4) is 0 Å². The third-order valence-corrected chi connectivity index (χ3v) is 3.35. The van der Waals surface area contributed by atoms with E-state index in [9.17, 15) is 19.2 Å². The van der Waals surface area contributed by atoms with Gasteiger partial charge in [0.25, 0.3) is 0 Å².